The molecular weight excluding hydrogens is 306 g/mol. The highest BCUT2D eigenvalue weighted by molar-refractivity contribution is 5.97. The quantitative estimate of drug-likeness (QED) is 0.761. The Hall–Kier alpha value is -3.22. The number of hydrogen-bond acceptors (Lipinski definition) is 4. The van der Waals surface area contributed by atoms with E-state index >= 15 is 0 Å². The fraction of sp³-hybridized carbons (Fsp3) is 0.176. The summed E-state index contributed by atoms with van der Waals surface area (Å²) in [7, 11) is 0. The first-order chi connectivity index (χ1) is 11.6. The zero-order valence-electron chi connectivity index (χ0n) is 13.4. The third-order valence-electron chi connectivity index (χ3n) is 3.67. The maximum absolute atomic E-state index is 12.5. The predicted molar refractivity (Wildman–Crippen MR) is 89.1 cm³/mol. The number of pyridine rings is 2. The average Bonchev–Trinajstić information content (AvgIpc) is 3.08. The van der Waals surface area contributed by atoms with Gasteiger partial charge < -0.3 is 10.3 Å². The van der Waals surface area contributed by atoms with Crippen LogP contribution in [-0.2, 0) is 6.54 Å². The lowest BCUT2D eigenvalue weighted by atomic mass is 10.1. The molecule has 0 aliphatic rings. The molecule has 3 heterocycles. The van der Waals surface area contributed by atoms with Gasteiger partial charge in [0.15, 0.2) is 5.82 Å². The van der Waals surface area contributed by atoms with Gasteiger partial charge >= 0.3 is 0 Å². The van der Waals surface area contributed by atoms with E-state index in [0.717, 1.165) is 11.3 Å². The van der Waals surface area contributed by atoms with Crippen molar-refractivity contribution in [3.63, 3.8) is 0 Å². The Morgan fingerprint density at radius 3 is 2.83 bits per heavy atom. The second kappa shape index (κ2) is 6.49. The Bertz CT molecular complexity index is 928. The van der Waals surface area contributed by atoms with Gasteiger partial charge in [-0.3, -0.25) is 9.59 Å². The van der Waals surface area contributed by atoms with Crippen molar-refractivity contribution < 1.29 is 4.79 Å². The second-order valence-corrected chi connectivity index (χ2v) is 5.45. The van der Waals surface area contributed by atoms with E-state index in [0.29, 0.717) is 16.9 Å². The average molecular weight is 323 g/mol. The number of carbonyl (C=O) groups excluding carboxylic acids is 1. The summed E-state index contributed by atoms with van der Waals surface area (Å²) in [5, 5.41) is 6.88. The van der Waals surface area contributed by atoms with Crippen LogP contribution in [0.3, 0.4) is 0 Å². The van der Waals surface area contributed by atoms with Crippen LogP contribution in [0, 0.1) is 13.8 Å². The van der Waals surface area contributed by atoms with Gasteiger partial charge in [0, 0.05) is 36.4 Å². The molecule has 24 heavy (non-hydrogen) atoms. The lowest BCUT2D eigenvalue weighted by molar-refractivity contribution is 0.0950. The van der Waals surface area contributed by atoms with Gasteiger partial charge in [-0.2, -0.15) is 5.10 Å². The number of aromatic nitrogens is 4. The molecule has 0 saturated heterocycles. The van der Waals surface area contributed by atoms with Crippen LogP contribution in [0.25, 0.3) is 5.82 Å². The minimum Gasteiger partial charge on any atom is -0.348 e. The number of nitrogens with one attached hydrogen (secondary N) is 2. The maximum atomic E-state index is 12.5. The van der Waals surface area contributed by atoms with Gasteiger partial charge in [0.2, 0.25) is 0 Å². The number of rotatable bonds is 4. The zero-order valence-corrected chi connectivity index (χ0v) is 13.4. The van der Waals surface area contributed by atoms with E-state index in [2.05, 4.69) is 20.4 Å². The molecule has 122 valence electrons. The van der Waals surface area contributed by atoms with Crippen molar-refractivity contribution in [1.82, 2.24) is 25.1 Å². The van der Waals surface area contributed by atoms with Crippen LogP contribution in [0.15, 0.2) is 47.7 Å². The van der Waals surface area contributed by atoms with Crippen LogP contribution in [0.1, 0.15) is 27.2 Å². The second-order valence-electron chi connectivity index (χ2n) is 5.45. The van der Waals surface area contributed by atoms with Crippen LogP contribution >= 0.6 is 0 Å². The summed E-state index contributed by atoms with van der Waals surface area (Å²) in [6.07, 6.45) is 4.93. The van der Waals surface area contributed by atoms with Crippen LogP contribution < -0.4 is 10.9 Å². The van der Waals surface area contributed by atoms with E-state index in [1.54, 1.807) is 36.8 Å². The summed E-state index contributed by atoms with van der Waals surface area (Å²) in [5.41, 5.74) is 2.38. The van der Waals surface area contributed by atoms with Crippen LogP contribution in [0.2, 0.25) is 0 Å². The van der Waals surface area contributed by atoms with Crippen LogP contribution in [0.4, 0.5) is 0 Å². The molecule has 0 aliphatic heterocycles. The Kier molecular flexibility index (Phi) is 4.24. The van der Waals surface area contributed by atoms with Crippen molar-refractivity contribution in [2.24, 2.45) is 0 Å². The highest BCUT2D eigenvalue weighted by atomic mass is 16.2. The summed E-state index contributed by atoms with van der Waals surface area (Å²) in [5.74, 6) is 0.127. The van der Waals surface area contributed by atoms with Gasteiger partial charge in [0.1, 0.15) is 0 Å². The molecule has 0 atom stereocenters. The van der Waals surface area contributed by atoms with Gasteiger partial charge in [0.25, 0.3) is 11.5 Å². The number of aromatic amines is 1. The van der Waals surface area contributed by atoms with E-state index in [1.165, 1.54) is 4.68 Å². The molecule has 0 fully saturated rings. The highest BCUT2D eigenvalue weighted by Crippen LogP contribution is 2.11. The zero-order chi connectivity index (χ0) is 17.1. The Morgan fingerprint density at radius 2 is 2.12 bits per heavy atom. The standard InChI is InChI=1S/C17H17N5O2/c1-11-9-12(2)21-17(24)14(11)10-19-16(23)13-5-3-6-18-15(13)22-8-4-7-20-22/h3-9H,10H2,1-2H3,(H,19,23)(H,21,24). The molecule has 3 aromatic heterocycles. The minimum atomic E-state index is -0.312. The summed E-state index contributed by atoms with van der Waals surface area (Å²) in [6, 6.07) is 6.99. The first-order valence-corrected chi connectivity index (χ1v) is 7.49. The van der Waals surface area contributed by atoms with Gasteiger partial charge in [-0.15, -0.1) is 0 Å². The molecule has 0 unspecified atom stereocenters. The maximum Gasteiger partial charge on any atom is 0.255 e. The third kappa shape index (κ3) is 3.10. The number of amides is 1. The molecule has 0 radical (unpaired) electrons. The Morgan fingerprint density at radius 1 is 1.29 bits per heavy atom. The molecule has 0 aromatic carbocycles. The number of hydrogen-bond donors (Lipinski definition) is 2. The number of carbonyl (C=O) groups is 1. The molecule has 0 spiro atoms. The fourth-order valence-electron chi connectivity index (χ4n) is 2.52. The largest absolute Gasteiger partial charge is 0.348 e. The molecule has 1 amide bonds. The van der Waals surface area contributed by atoms with Crippen molar-refractivity contribution in [2.45, 2.75) is 20.4 Å². The van der Waals surface area contributed by atoms with Crippen molar-refractivity contribution in [3.8, 4) is 5.82 Å². The topological polar surface area (TPSA) is 92.7 Å². The van der Waals surface area contributed by atoms with E-state index in [1.807, 2.05) is 19.9 Å². The molecule has 0 bridgehead atoms. The normalized spacial score (nSPS) is 10.6. The van der Waals surface area contributed by atoms with E-state index in [9.17, 15) is 9.59 Å². The first kappa shape index (κ1) is 15.7. The molecule has 0 saturated carbocycles. The number of H-pyrrole nitrogens is 1. The van der Waals surface area contributed by atoms with Crippen LogP contribution in [-0.4, -0.2) is 25.7 Å². The smallest absolute Gasteiger partial charge is 0.255 e. The molecule has 7 heteroatoms. The Labute approximate surface area is 138 Å². The van der Waals surface area contributed by atoms with E-state index < -0.39 is 0 Å². The Balaban J connectivity index is 1.84. The molecule has 3 rings (SSSR count). The predicted octanol–water partition coefficient (Wildman–Crippen LogP) is 1.50. The molecule has 2 N–H and O–H groups in total. The minimum absolute atomic E-state index is 0.147. The van der Waals surface area contributed by atoms with Gasteiger partial charge in [0.05, 0.1) is 5.56 Å². The fourth-order valence-corrected chi connectivity index (χ4v) is 2.52. The number of aryl methyl sites for hydroxylation is 2. The van der Waals surface area contributed by atoms with Crippen LogP contribution in [0.5, 0.6) is 0 Å². The summed E-state index contributed by atoms with van der Waals surface area (Å²) in [6.45, 7) is 3.82. The lowest BCUT2D eigenvalue weighted by Crippen LogP contribution is -2.29. The first-order valence-electron chi connectivity index (χ1n) is 7.49. The van der Waals surface area contributed by atoms with Crippen molar-refractivity contribution in [1.29, 1.82) is 0 Å². The third-order valence-corrected chi connectivity index (χ3v) is 3.67. The molecular formula is C17H17N5O2. The van der Waals surface area contributed by atoms with Gasteiger partial charge in [-0.1, -0.05) is 0 Å². The molecule has 7 nitrogen and oxygen atoms in total. The summed E-state index contributed by atoms with van der Waals surface area (Å²) < 4.78 is 1.53. The molecule has 3 aromatic rings. The lowest BCUT2D eigenvalue weighted by Gasteiger charge is -2.10. The number of nitrogens with zero attached hydrogens (tertiary/aromatic N) is 3. The highest BCUT2D eigenvalue weighted by Gasteiger charge is 2.15. The molecule has 0 aliphatic carbocycles. The van der Waals surface area contributed by atoms with Gasteiger partial charge in [-0.25, -0.2) is 9.67 Å². The van der Waals surface area contributed by atoms with Crippen molar-refractivity contribution in [3.05, 3.63) is 75.6 Å². The summed E-state index contributed by atoms with van der Waals surface area (Å²) >= 11 is 0. The van der Waals surface area contributed by atoms with Gasteiger partial charge in [-0.05, 0) is 43.7 Å². The SMILES string of the molecule is Cc1cc(C)c(CNC(=O)c2cccnc2-n2cccn2)c(=O)[nH]1. The van der Waals surface area contributed by atoms with E-state index in [-0.39, 0.29) is 18.0 Å². The van der Waals surface area contributed by atoms with E-state index in [4.69, 9.17) is 0 Å². The monoisotopic (exact) mass is 323 g/mol. The van der Waals surface area contributed by atoms with Crippen molar-refractivity contribution in [2.75, 3.05) is 0 Å². The van der Waals surface area contributed by atoms with Crippen molar-refractivity contribution >= 4 is 5.91 Å². The summed E-state index contributed by atoms with van der Waals surface area (Å²) in [4.78, 5) is 31.5.